The molecular weight excluding hydrogens is 167 g/mol. The Morgan fingerprint density at radius 3 is 1.60 bits per heavy atom. The summed E-state index contributed by atoms with van der Waals surface area (Å²) in [6.07, 6.45) is 5.47. The van der Waals surface area contributed by atoms with Gasteiger partial charge < -0.3 is 0 Å². The third-order valence-electron chi connectivity index (χ3n) is 1.13. The first kappa shape index (κ1) is 13.7. The van der Waals surface area contributed by atoms with Crippen LogP contribution in [-0.2, 0) is 15.0 Å². The van der Waals surface area contributed by atoms with Crippen molar-refractivity contribution >= 4 is 18.9 Å². The average Bonchev–Trinajstić information content (AvgIpc) is 1.89. The van der Waals surface area contributed by atoms with Crippen molar-refractivity contribution in [1.29, 1.82) is 0 Å². The molecule has 63 valence electrons. The number of hydrogen-bond acceptors (Lipinski definition) is 0. The molecule has 0 unspecified atom stereocenters. The molecule has 0 amide bonds. The molecule has 0 aromatic heterocycles. The molecule has 0 nitrogen and oxygen atoms in total. The Kier molecular flexibility index (Phi) is 17.5. The van der Waals surface area contributed by atoms with Crippen LogP contribution in [-0.4, -0.2) is 18.9 Å². The van der Waals surface area contributed by atoms with Crippen LogP contribution in [0.5, 0.6) is 0 Å². The van der Waals surface area contributed by atoms with Gasteiger partial charge in [-0.05, 0) is 0 Å². The molecule has 0 aliphatic carbocycles. The van der Waals surface area contributed by atoms with E-state index < -0.39 is 0 Å². The quantitative estimate of drug-likeness (QED) is 0.441. The van der Waals surface area contributed by atoms with Crippen LogP contribution in [0.25, 0.3) is 0 Å². The van der Waals surface area contributed by atoms with Crippen LogP contribution >= 0.6 is 0 Å². The van der Waals surface area contributed by atoms with Crippen LogP contribution in [0.3, 0.4) is 0 Å². The second-order valence-electron chi connectivity index (χ2n) is 2.16. The molecule has 0 radical (unpaired) electrons. The summed E-state index contributed by atoms with van der Waals surface area (Å²) in [5.74, 6) is 0. The first-order valence-electron chi connectivity index (χ1n) is 3.84. The molecule has 10 heavy (non-hydrogen) atoms. The van der Waals surface area contributed by atoms with E-state index >= 15 is 0 Å². The van der Waals surface area contributed by atoms with Gasteiger partial charge >= 0.3 is 84.0 Å². The third-order valence-corrected chi connectivity index (χ3v) is 2.47. The van der Waals surface area contributed by atoms with E-state index in [0.717, 1.165) is 0 Å². The summed E-state index contributed by atoms with van der Waals surface area (Å²) in [7, 11) is 0. The summed E-state index contributed by atoms with van der Waals surface area (Å²) in [6, 6.07) is 0. The Morgan fingerprint density at radius 2 is 1.30 bits per heavy atom. The van der Waals surface area contributed by atoms with E-state index in [1.165, 1.54) is 36.3 Å². The summed E-state index contributed by atoms with van der Waals surface area (Å²) in [6.45, 7) is 4.50. The standard InChI is InChI=1S/2C4H9.Cu.Li.H/c2*1-3-4-2;;;/h2*1,3-4H2,2H3;;;. The number of hydrogen-bond donors (Lipinski definition) is 0. The van der Waals surface area contributed by atoms with Crippen LogP contribution < -0.4 is 0 Å². The van der Waals surface area contributed by atoms with Gasteiger partial charge in [-0.2, -0.15) is 0 Å². The second kappa shape index (κ2) is 12.8. The summed E-state index contributed by atoms with van der Waals surface area (Å²) in [4.78, 5) is 0. The molecule has 0 aliphatic heterocycles. The van der Waals surface area contributed by atoms with E-state index in [2.05, 4.69) is 28.8 Å². The minimum atomic E-state index is 0. The van der Waals surface area contributed by atoms with Gasteiger partial charge in [0.15, 0.2) is 0 Å². The Balaban J connectivity index is 0. The zero-order valence-electron chi connectivity index (χ0n) is 6.54. The van der Waals surface area contributed by atoms with Crippen molar-refractivity contribution < 1.29 is 15.0 Å². The normalized spacial score (nSPS) is 9.40. The Hall–Kier alpha value is 1.12. The summed E-state index contributed by atoms with van der Waals surface area (Å²) >= 11 is 2.18. The Morgan fingerprint density at radius 1 is 0.900 bits per heavy atom. The Bertz CT molecular complexity index is 42.5. The molecule has 0 atom stereocenters. The molecule has 0 spiro atoms. The van der Waals surface area contributed by atoms with Crippen molar-refractivity contribution in [2.75, 3.05) is 0 Å². The zero-order chi connectivity index (χ0) is 6.95. The van der Waals surface area contributed by atoms with E-state index in [-0.39, 0.29) is 18.9 Å². The van der Waals surface area contributed by atoms with Crippen molar-refractivity contribution in [1.82, 2.24) is 0 Å². The predicted molar refractivity (Wildman–Crippen MR) is 46.6 cm³/mol. The predicted octanol–water partition coefficient (Wildman–Crippen LogP) is 2.86. The maximum atomic E-state index is 2.25. The fraction of sp³-hybridized carbons (Fsp3) is 1.00. The van der Waals surface area contributed by atoms with Gasteiger partial charge in [0, 0.05) is 0 Å². The first-order chi connectivity index (χ1) is 4.41. The molecule has 0 aromatic carbocycles. The van der Waals surface area contributed by atoms with Crippen LogP contribution in [0.2, 0.25) is 10.6 Å². The summed E-state index contributed by atoms with van der Waals surface area (Å²) < 4.78 is 0. The molecule has 0 aliphatic rings. The van der Waals surface area contributed by atoms with Gasteiger partial charge in [-0.25, -0.2) is 0 Å². The first-order valence-corrected chi connectivity index (χ1v) is 5.17. The van der Waals surface area contributed by atoms with E-state index in [9.17, 15) is 0 Å². The Labute approximate surface area is 83.9 Å². The fourth-order valence-electron chi connectivity index (χ4n) is 0.439. The van der Waals surface area contributed by atoms with Gasteiger partial charge in [-0.3, -0.25) is 0 Å². The number of rotatable bonds is 6. The van der Waals surface area contributed by atoms with Gasteiger partial charge in [0.05, 0.1) is 0 Å². The maximum absolute atomic E-state index is 2.25. The monoisotopic (exact) mass is 185 g/mol. The molecule has 0 heterocycles. The van der Waals surface area contributed by atoms with Crippen molar-refractivity contribution in [2.45, 2.75) is 50.2 Å². The fourth-order valence-corrected chi connectivity index (χ4v) is 1.81. The van der Waals surface area contributed by atoms with Crippen molar-refractivity contribution in [3.63, 3.8) is 0 Å². The molecule has 0 bridgehead atoms. The van der Waals surface area contributed by atoms with Gasteiger partial charge in [0.2, 0.25) is 0 Å². The average molecular weight is 186 g/mol. The number of unbranched alkanes of at least 4 members (excludes halogenated alkanes) is 2. The molecular formula is C8H19CuLi. The van der Waals surface area contributed by atoms with Crippen LogP contribution in [0.15, 0.2) is 0 Å². The minimum absolute atomic E-state index is 0. The van der Waals surface area contributed by atoms with Gasteiger partial charge in [0.25, 0.3) is 0 Å². The van der Waals surface area contributed by atoms with Crippen LogP contribution in [0.1, 0.15) is 39.5 Å². The zero-order valence-corrected chi connectivity index (χ0v) is 7.49. The molecule has 0 fully saturated rings. The van der Waals surface area contributed by atoms with E-state index in [0.29, 0.717) is 0 Å². The van der Waals surface area contributed by atoms with Crippen molar-refractivity contribution in [2.24, 2.45) is 0 Å². The molecule has 0 rings (SSSR count). The SMILES string of the molecule is CCC[CH2][Cu][CH2]CCC.[LiH]. The van der Waals surface area contributed by atoms with E-state index in [4.69, 9.17) is 0 Å². The topological polar surface area (TPSA) is 0 Å². The second-order valence-corrected chi connectivity index (χ2v) is 3.57. The van der Waals surface area contributed by atoms with Crippen LogP contribution in [0, 0.1) is 0 Å². The molecule has 0 saturated carbocycles. The van der Waals surface area contributed by atoms with Crippen LogP contribution in [0.4, 0.5) is 0 Å². The van der Waals surface area contributed by atoms with Gasteiger partial charge in [-0.15, -0.1) is 0 Å². The third kappa shape index (κ3) is 11.9. The summed E-state index contributed by atoms with van der Waals surface area (Å²) in [5, 5.41) is 2.72. The molecule has 0 N–H and O–H groups in total. The molecule has 2 heteroatoms. The van der Waals surface area contributed by atoms with Gasteiger partial charge in [-0.1, -0.05) is 0 Å². The van der Waals surface area contributed by atoms with E-state index in [1.807, 2.05) is 0 Å². The van der Waals surface area contributed by atoms with Crippen molar-refractivity contribution in [3.8, 4) is 0 Å². The van der Waals surface area contributed by atoms with Gasteiger partial charge in [0.1, 0.15) is 0 Å². The molecule has 0 aromatic rings. The van der Waals surface area contributed by atoms with Crippen molar-refractivity contribution in [3.05, 3.63) is 0 Å². The summed E-state index contributed by atoms with van der Waals surface area (Å²) in [5.41, 5.74) is 0. The molecule has 0 saturated heterocycles. The van der Waals surface area contributed by atoms with E-state index in [1.54, 1.807) is 0 Å².